The minimum Gasteiger partial charge on any atom is -0.390 e. The van der Waals surface area contributed by atoms with E-state index in [9.17, 15) is 23.1 Å². The molecule has 2 amide bonds. The number of hydrogen-bond donors (Lipinski definition) is 4. The van der Waals surface area contributed by atoms with E-state index in [1.165, 1.54) is 26.7 Å². The maximum Gasteiger partial charge on any atom is 0.239 e. The fourth-order valence-corrected chi connectivity index (χ4v) is 7.98. The zero-order valence-corrected chi connectivity index (χ0v) is 30.9. The molecule has 4 N–H and O–H groups in total. The van der Waals surface area contributed by atoms with Crippen molar-refractivity contribution in [2.24, 2.45) is 11.8 Å². The van der Waals surface area contributed by atoms with Gasteiger partial charge in [-0.3, -0.25) is 14.5 Å². The van der Waals surface area contributed by atoms with E-state index < -0.39 is 44.2 Å². The summed E-state index contributed by atoms with van der Waals surface area (Å²) in [6.45, 7) is 10.1. The third-order valence-electron chi connectivity index (χ3n) is 10.1. The second-order valence-corrected chi connectivity index (χ2v) is 18.5. The number of β-amino-alcohol motifs (C(OH)–C–C–N with tert-alkyl or cyclic N) is 1. The molecule has 48 heavy (non-hydrogen) atoms. The number of fused-ring (bicyclic) bond motifs is 1. The Hall–Kier alpha value is -2.50. The first-order chi connectivity index (χ1) is 22.4. The number of halogens is 1. The number of nitrogens with one attached hydrogen (secondary N) is 3. The Morgan fingerprint density at radius 2 is 1.62 bits per heavy atom. The third-order valence-corrected chi connectivity index (χ3v) is 12.5. The molecule has 1 saturated heterocycles. The molecular weight excluding hydrogens is 648 g/mol. The van der Waals surface area contributed by atoms with Gasteiger partial charge in [0.15, 0.2) is 9.84 Å². The summed E-state index contributed by atoms with van der Waals surface area (Å²) in [6, 6.07) is 14.5. The van der Waals surface area contributed by atoms with Crippen molar-refractivity contribution in [3.8, 4) is 0 Å². The highest BCUT2D eigenvalue weighted by Crippen LogP contribution is 2.39. The lowest BCUT2D eigenvalue weighted by Crippen LogP contribution is -2.63. The molecule has 266 valence electrons. The predicted molar refractivity (Wildman–Crippen MR) is 192 cm³/mol. The summed E-state index contributed by atoms with van der Waals surface area (Å²) in [4.78, 5) is 29.9. The van der Waals surface area contributed by atoms with Crippen LogP contribution in [0.25, 0.3) is 0 Å². The fourth-order valence-electron chi connectivity index (χ4n) is 7.15. The number of hydrogen-bond acceptors (Lipinski definition) is 7. The van der Waals surface area contributed by atoms with Gasteiger partial charge in [-0.15, -0.1) is 0 Å². The lowest BCUT2D eigenvalue weighted by molar-refractivity contribution is -0.133. The van der Waals surface area contributed by atoms with E-state index in [4.69, 9.17) is 11.6 Å². The molecule has 2 aromatic rings. The molecule has 1 saturated carbocycles. The number of sulfone groups is 1. The Morgan fingerprint density at radius 3 is 2.25 bits per heavy atom. The standard InChI is InChI=1S/C37H55ClN4O5S/c1-36(2,3)41-34(44)31-21-27-16-10-11-17-28(27)23-42(31)24-32(43)30(20-25-13-8-7-9-14-25)40-35(45)33(37(4,5)48(6,46)47)39-22-26-15-12-18-29(38)19-26/h7-9,12-15,18-19,27-28,30-33,39,43H,10-11,16-17,20-24H2,1-6H3,(H,40,45)(H,41,44)/t27-,28+,30?,31?,32?,33+/m0/s1. The quantitative estimate of drug-likeness (QED) is 0.242. The van der Waals surface area contributed by atoms with Gasteiger partial charge in [0, 0.05) is 36.5 Å². The van der Waals surface area contributed by atoms with E-state index in [0.717, 1.165) is 36.6 Å². The number of benzene rings is 2. The number of amides is 2. The van der Waals surface area contributed by atoms with E-state index in [0.29, 0.717) is 29.8 Å². The number of likely N-dealkylation sites (tertiary alicyclic amines) is 1. The highest BCUT2D eigenvalue weighted by atomic mass is 35.5. The molecule has 9 nitrogen and oxygen atoms in total. The van der Waals surface area contributed by atoms with Crippen LogP contribution in [0, 0.1) is 11.8 Å². The highest BCUT2D eigenvalue weighted by molar-refractivity contribution is 7.92. The van der Waals surface area contributed by atoms with Gasteiger partial charge in [-0.25, -0.2) is 8.42 Å². The first-order valence-electron chi connectivity index (χ1n) is 17.2. The Morgan fingerprint density at radius 1 is 0.979 bits per heavy atom. The van der Waals surface area contributed by atoms with Crippen LogP contribution in [0.1, 0.15) is 77.8 Å². The van der Waals surface area contributed by atoms with Gasteiger partial charge in [-0.05, 0) is 89.0 Å². The number of carbonyl (C=O) groups excluding carboxylic acids is 2. The molecule has 2 aromatic carbocycles. The summed E-state index contributed by atoms with van der Waals surface area (Å²) in [5, 5.41) is 21.9. The van der Waals surface area contributed by atoms with Gasteiger partial charge in [-0.1, -0.05) is 73.3 Å². The summed E-state index contributed by atoms with van der Waals surface area (Å²) in [6.07, 6.45) is 5.74. The van der Waals surface area contributed by atoms with Crippen LogP contribution in [0.3, 0.4) is 0 Å². The van der Waals surface area contributed by atoms with Crippen LogP contribution in [0.4, 0.5) is 0 Å². The smallest absolute Gasteiger partial charge is 0.239 e. The fraction of sp³-hybridized carbons (Fsp3) is 0.622. The third kappa shape index (κ3) is 10.3. The van der Waals surface area contributed by atoms with Crippen molar-refractivity contribution in [2.45, 2.75) is 114 Å². The van der Waals surface area contributed by atoms with Crippen molar-refractivity contribution in [3.05, 3.63) is 70.7 Å². The lowest BCUT2D eigenvalue weighted by Gasteiger charge is -2.47. The molecular formula is C37H55ClN4O5S. The van der Waals surface area contributed by atoms with Crippen LogP contribution in [-0.4, -0.2) is 84.1 Å². The van der Waals surface area contributed by atoms with Gasteiger partial charge < -0.3 is 21.1 Å². The molecule has 1 heterocycles. The molecule has 3 unspecified atom stereocenters. The largest absolute Gasteiger partial charge is 0.390 e. The van der Waals surface area contributed by atoms with Crippen molar-refractivity contribution in [1.29, 1.82) is 0 Å². The van der Waals surface area contributed by atoms with Crippen molar-refractivity contribution < 1.29 is 23.1 Å². The molecule has 0 spiro atoms. The number of piperidine rings is 1. The molecule has 1 aliphatic heterocycles. The Balaban J connectivity index is 1.61. The second kappa shape index (κ2) is 16.0. The Kier molecular flexibility index (Phi) is 12.8. The predicted octanol–water partition coefficient (Wildman–Crippen LogP) is 4.51. The summed E-state index contributed by atoms with van der Waals surface area (Å²) in [5.41, 5.74) is 1.32. The first kappa shape index (κ1) is 38.3. The minimum absolute atomic E-state index is 0.0393. The molecule has 0 radical (unpaired) electrons. The molecule has 4 rings (SSSR count). The monoisotopic (exact) mass is 702 g/mol. The van der Waals surface area contributed by atoms with E-state index in [-0.39, 0.29) is 25.0 Å². The summed E-state index contributed by atoms with van der Waals surface area (Å²) in [5.74, 6) is 0.373. The molecule has 11 heteroatoms. The summed E-state index contributed by atoms with van der Waals surface area (Å²) >= 11 is 6.19. The van der Waals surface area contributed by atoms with Gasteiger partial charge in [0.25, 0.3) is 0 Å². The zero-order chi connectivity index (χ0) is 35.3. The van der Waals surface area contributed by atoms with Crippen molar-refractivity contribution in [1.82, 2.24) is 20.9 Å². The molecule has 0 aromatic heterocycles. The van der Waals surface area contributed by atoms with Crippen molar-refractivity contribution in [2.75, 3.05) is 19.3 Å². The average molecular weight is 703 g/mol. The van der Waals surface area contributed by atoms with Gasteiger partial charge in [0.05, 0.1) is 22.9 Å². The van der Waals surface area contributed by atoms with Gasteiger partial charge in [-0.2, -0.15) is 0 Å². The van der Waals surface area contributed by atoms with Crippen LogP contribution in [-0.2, 0) is 32.4 Å². The van der Waals surface area contributed by atoms with Crippen molar-refractivity contribution >= 4 is 33.3 Å². The normalized spacial score (nSPS) is 22.6. The topological polar surface area (TPSA) is 128 Å². The molecule has 1 aliphatic carbocycles. The maximum atomic E-state index is 14.2. The summed E-state index contributed by atoms with van der Waals surface area (Å²) < 4.78 is 24.6. The summed E-state index contributed by atoms with van der Waals surface area (Å²) in [7, 11) is -3.70. The number of rotatable bonds is 13. The van der Waals surface area contributed by atoms with E-state index >= 15 is 0 Å². The van der Waals surface area contributed by atoms with E-state index in [1.807, 2.05) is 57.2 Å². The van der Waals surface area contributed by atoms with E-state index in [2.05, 4.69) is 20.9 Å². The molecule has 2 aliphatic rings. The molecule has 0 bridgehead atoms. The minimum atomic E-state index is -3.70. The number of nitrogens with zero attached hydrogens (tertiary/aromatic N) is 1. The molecule has 6 atom stereocenters. The van der Waals surface area contributed by atoms with Gasteiger partial charge >= 0.3 is 0 Å². The Labute approximate surface area is 292 Å². The highest BCUT2D eigenvalue weighted by Gasteiger charge is 2.45. The van der Waals surface area contributed by atoms with Crippen LogP contribution in [0.5, 0.6) is 0 Å². The van der Waals surface area contributed by atoms with Crippen LogP contribution in [0.2, 0.25) is 5.02 Å². The average Bonchev–Trinajstić information content (AvgIpc) is 2.99. The maximum absolute atomic E-state index is 14.2. The molecule has 2 fully saturated rings. The van der Waals surface area contributed by atoms with E-state index in [1.54, 1.807) is 18.2 Å². The van der Waals surface area contributed by atoms with Crippen LogP contribution >= 0.6 is 11.6 Å². The van der Waals surface area contributed by atoms with Crippen LogP contribution < -0.4 is 16.0 Å². The van der Waals surface area contributed by atoms with Gasteiger partial charge in [0.2, 0.25) is 11.8 Å². The Bertz CT molecular complexity index is 1500. The SMILES string of the molecule is CC(C)(C)NC(=O)C1C[C@@H]2CCCC[C@@H]2CN1CC(O)C(Cc1ccccc1)NC(=O)[C@@H](NCc1cccc(Cl)c1)C(C)(C)S(C)(=O)=O. The lowest BCUT2D eigenvalue weighted by atomic mass is 9.72. The number of carbonyl (C=O) groups is 2. The zero-order valence-electron chi connectivity index (χ0n) is 29.3. The first-order valence-corrected chi connectivity index (χ1v) is 19.5. The van der Waals surface area contributed by atoms with Crippen molar-refractivity contribution in [3.63, 3.8) is 0 Å². The van der Waals surface area contributed by atoms with Crippen LogP contribution in [0.15, 0.2) is 54.6 Å². The number of aliphatic hydroxyl groups is 1. The van der Waals surface area contributed by atoms with Gasteiger partial charge in [0.1, 0.15) is 6.04 Å². The second-order valence-electron chi connectivity index (χ2n) is 15.4. The number of aliphatic hydroxyl groups excluding tert-OH is 1.